The van der Waals surface area contributed by atoms with Crippen molar-refractivity contribution in [1.29, 1.82) is 0 Å². The third-order valence-corrected chi connectivity index (χ3v) is 8.77. The van der Waals surface area contributed by atoms with Crippen LogP contribution in [0.1, 0.15) is 175 Å². The summed E-state index contributed by atoms with van der Waals surface area (Å²) < 4.78 is 16.6. The highest BCUT2D eigenvalue weighted by atomic mass is 16.6. The van der Waals surface area contributed by atoms with E-state index >= 15 is 0 Å². The summed E-state index contributed by atoms with van der Waals surface area (Å²) >= 11 is 0. The molecule has 0 radical (unpaired) electrons. The zero-order chi connectivity index (χ0) is 40.1. The largest absolute Gasteiger partial charge is 0.462 e. The van der Waals surface area contributed by atoms with Gasteiger partial charge in [-0.2, -0.15) is 0 Å². The van der Waals surface area contributed by atoms with E-state index in [0.717, 1.165) is 96.3 Å². The average molecular weight is 763 g/mol. The zero-order valence-electron chi connectivity index (χ0n) is 35.1. The van der Waals surface area contributed by atoms with E-state index in [1.807, 2.05) is 54.7 Å². The number of hydrogen-bond acceptors (Lipinski definition) is 6. The zero-order valence-corrected chi connectivity index (χ0v) is 35.1. The normalized spacial score (nSPS) is 13.0. The predicted molar refractivity (Wildman–Crippen MR) is 233 cm³/mol. The van der Waals surface area contributed by atoms with E-state index in [-0.39, 0.29) is 31.1 Å². The van der Waals surface area contributed by atoms with Gasteiger partial charge in [0.2, 0.25) is 0 Å². The third kappa shape index (κ3) is 41.3. The van der Waals surface area contributed by atoms with Crippen molar-refractivity contribution >= 4 is 17.9 Å². The van der Waals surface area contributed by atoms with E-state index in [1.54, 1.807) is 0 Å². The molecule has 0 aromatic rings. The quantitative estimate of drug-likeness (QED) is 0.0271. The fourth-order valence-corrected chi connectivity index (χ4v) is 5.52. The Hall–Kier alpha value is -3.67. The molecule has 0 aromatic heterocycles. The Morgan fingerprint density at radius 2 is 0.709 bits per heavy atom. The molecule has 0 aliphatic carbocycles. The van der Waals surface area contributed by atoms with E-state index in [0.29, 0.717) is 19.3 Å². The number of allylic oxidation sites excluding steroid dienone is 16. The molecule has 0 saturated heterocycles. The monoisotopic (exact) mass is 763 g/mol. The first-order valence-corrected chi connectivity index (χ1v) is 21.8. The highest BCUT2D eigenvalue weighted by molar-refractivity contribution is 5.71. The van der Waals surface area contributed by atoms with Crippen LogP contribution in [0.25, 0.3) is 0 Å². The van der Waals surface area contributed by atoms with Gasteiger partial charge in [0.1, 0.15) is 13.2 Å². The molecule has 0 aliphatic rings. The number of unbranched alkanes of at least 4 members (excludes halogenated alkanes) is 16. The first-order valence-electron chi connectivity index (χ1n) is 21.8. The van der Waals surface area contributed by atoms with Crippen molar-refractivity contribution in [2.45, 2.75) is 181 Å². The minimum atomic E-state index is -0.802. The Morgan fingerprint density at radius 1 is 0.382 bits per heavy atom. The van der Waals surface area contributed by atoms with Gasteiger partial charge in [-0.25, -0.2) is 0 Å². The smallest absolute Gasteiger partial charge is 0.306 e. The Kier molecular flexibility index (Phi) is 40.2. The molecule has 55 heavy (non-hydrogen) atoms. The van der Waals surface area contributed by atoms with Gasteiger partial charge in [-0.05, 0) is 57.8 Å². The van der Waals surface area contributed by atoms with Gasteiger partial charge in [0, 0.05) is 19.3 Å². The molecule has 1 unspecified atom stereocenters. The average Bonchev–Trinajstić information content (AvgIpc) is 3.18. The van der Waals surface area contributed by atoms with Crippen molar-refractivity contribution in [3.63, 3.8) is 0 Å². The molecule has 6 heteroatoms. The van der Waals surface area contributed by atoms with Crippen LogP contribution >= 0.6 is 0 Å². The maximum Gasteiger partial charge on any atom is 0.306 e. The molecule has 0 aliphatic heterocycles. The van der Waals surface area contributed by atoms with Crippen molar-refractivity contribution in [2.75, 3.05) is 13.2 Å². The first kappa shape index (κ1) is 51.3. The van der Waals surface area contributed by atoms with Crippen molar-refractivity contribution in [1.82, 2.24) is 0 Å². The van der Waals surface area contributed by atoms with E-state index in [9.17, 15) is 14.4 Å². The summed E-state index contributed by atoms with van der Waals surface area (Å²) in [5.41, 5.74) is 0. The van der Waals surface area contributed by atoms with Crippen LogP contribution in [-0.2, 0) is 28.6 Å². The minimum Gasteiger partial charge on any atom is -0.462 e. The SMILES string of the molecule is CC\C=C/C=C\C=C/C=C\C=C/CCCCCC(=O)OCC(COC(=O)CCCCCCCCCCC)OC(=O)CCCCCCC\C=C/C=C\C=C/CC. The van der Waals surface area contributed by atoms with E-state index in [2.05, 4.69) is 63.3 Å². The lowest BCUT2D eigenvalue weighted by molar-refractivity contribution is -0.167. The van der Waals surface area contributed by atoms with Gasteiger partial charge >= 0.3 is 17.9 Å². The second-order valence-corrected chi connectivity index (χ2v) is 14.0. The maximum atomic E-state index is 12.7. The van der Waals surface area contributed by atoms with E-state index in [1.165, 1.54) is 38.5 Å². The van der Waals surface area contributed by atoms with Gasteiger partial charge in [0.15, 0.2) is 6.10 Å². The van der Waals surface area contributed by atoms with Crippen LogP contribution in [0, 0.1) is 0 Å². The number of ether oxygens (including phenoxy) is 3. The van der Waals surface area contributed by atoms with Gasteiger partial charge in [0.05, 0.1) is 0 Å². The van der Waals surface area contributed by atoms with Crippen molar-refractivity contribution in [3.05, 3.63) is 97.2 Å². The Balaban J connectivity index is 4.51. The van der Waals surface area contributed by atoms with Crippen molar-refractivity contribution < 1.29 is 28.6 Å². The maximum absolute atomic E-state index is 12.7. The molecule has 0 amide bonds. The lowest BCUT2D eigenvalue weighted by Gasteiger charge is -2.18. The summed E-state index contributed by atoms with van der Waals surface area (Å²) in [6, 6.07) is 0. The van der Waals surface area contributed by atoms with Crippen LogP contribution in [0.3, 0.4) is 0 Å². The van der Waals surface area contributed by atoms with Gasteiger partial charge in [-0.1, -0.05) is 195 Å². The summed E-state index contributed by atoms with van der Waals surface area (Å²) in [5.74, 6) is -0.979. The predicted octanol–water partition coefficient (Wildman–Crippen LogP) is 13.9. The number of esters is 3. The first-order chi connectivity index (χ1) is 27.0. The molecule has 0 spiro atoms. The van der Waals surface area contributed by atoms with Crippen LogP contribution in [0.15, 0.2) is 97.2 Å². The molecule has 0 N–H and O–H groups in total. The van der Waals surface area contributed by atoms with Crippen LogP contribution in [0.2, 0.25) is 0 Å². The summed E-state index contributed by atoms with van der Waals surface area (Å²) in [6.45, 7) is 6.25. The molecular weight excluding hydrogens is 685 g/mol. The van der Waals surface area contributed by atoms with Crippen LogP contribution < -0.4 is 0 Å². The third-order valence-electron chi connectivity index (χ3n) is 8.77. The summed E-state index contributed by atoms with van der Waals surface area (Å²) in [5, 5.41) is 0. The summed E-state index contributed by atoms with van der Waals surface area (Å²) in [4.78, 5) is 37.6. The molecule has 0 bridgehead atoms. The molecule has 0 rings (SSSR count). The molecule has 1 atom stereocenters. The number of rotatable bonds is 37. The molecule has 6 nitrogen and oxygen atoms in total. The fraction of sp³-hybridized carbons (Fsp3) is 0.612. The van der Waals surface area contributed by atoms with E-state index < -0.39 is 6.10 Å². The van der Waals surface area contributed by atoms with Gasteiger partial charge in [-0.15, -0.1) is 0 Å². The number of hydrogen-bond donors (Lipinski definition) is 0. The highest BCUT2D eigenvalue weighted by Gasteiger charge is 2.19. The van der Waals surface area contributed by atoms with Gasteiger partial charge in [-0.3, -0.25) is 14.4 Å². The molecule has 0 fully saturated rings. The minimum absolute atomic E-state index is 0.101. The second kappa shape index (κ2) is 43.1. The lowest BCUT2D eigenvalue weighted by Crippen LogP contribution is -2.30. The molecule has 0 saturated carbocycles. The van der Waals surface area contributed by atoms with Crippen LogP contribution in [-0.4, -0.2) is 37.2 Å². The van der Waals surface area contributed by atoms with Crippen LogP contribution in [0.5, 0.6) is 0 Å². The fourth-order valence-electron chi connectivity index (χ4n) is 5.52. The number of carbonyl (C=O) groups is 3. The van der Waals surface area contributed by atoms with E-state index in [4.69, 9.17) is 14.2 Å². The summed E-state index contributed by atoms with van der Waals surface area (Å²) in [7, 11) is 0. The van der Waals surface area contributed by atoms with Gasteiger partial charge < -0.3 is 14.2 Å². The molecule has 0 heterocycles. The molecule has 0 aromatic carbocycles. The van der Waals surface area contributed by atoms with Gasteiger partial charge in [0.25, 0.3) is 0 Å². The molecule has 310 valence electrons. The topological polar surface area (TPSA) is 78.9 Å². The lowest BCUT2D eigenvalue weighted by atomic mass is 10.1. The summed E-state index contributed by atoms with van der Waals surface area (Å²) in [6.07, 6.45) is 55.3. The Bertz CT molecular complexity index is 1150. The Morgan fingerprint density at radius 3 is 1.13 bits per heavy atom. The Labute approximate surface area is 337 Å². The second-order valence-electron chi connectivity index (χ2n) is 14.0. The molecular formula is C49H78O6. The number of carbonyl (C=O) groups excluding carboxylic acids is 3. The highest BCUT2D eigenvalue weighted by Crippen LogP contribution is 2.13. The standard InChI is InChI=1S/C49H78O6/c1-4-7-10-13-16-19-21-23-24-26-27-30-33-36-39-42-48(51)54-45-46(44-53-47(50)41-38-35-32-29-18-15-12-9-6-3)55-49(52)43-40-37-34-31-28-25-22-20-17-14-11-8-5-2/h7-8,10-11,13-14,16-17,19-24,26-27,46H,4-6,9,12,15,18,25,28-45H2,1-3H3/b10-7-,11-8-,16-13-,17-14-,21-19-,22-20-,24-23-,27-26-. The van der Waals surface area contributed by atoms with Crippen LogP contribution in [0.4, 0.5) is 0 Å². The van der Waals surface area contributed by atoms with Crippen molar-refractivity contribution in [3.8, 4) is 0 Å². The van der Waals surface area contributed by atoms with Crippen molar-refractivity contribution in [2.24, 2.45) is 0 Å².